The van der Waals surface area contributed by atoms with Gasteiger partial charge in [0.2, 0.25) is 0 Å². The van der Waals surface area contributed by atoms with Crippen molar-refractivity contribution in [1.29, 1.82) is 0 Å². The number of hydrogen-bond acceptors (Lipinski definition) is 3. The largest absolute Gasteiger partial charge is 0.493 e. The summed E-state index contributed by atoms with van der Waals surface area (Å²) in [5, 5.41) is 3.19. The number of piperidine rings is 1. The van der Waals surface area contributed by atoms with E-state index in [4.69, 9.17) is 4.74 Å². The molecule has 3 rings (SSSR count). The van der Waals surface area contributed by atoms with Gasteiger partial charge < -0.3 is 15.0 Å². The third-order valence-electron chi connectivity index (χ3n) is 6.88. The standard InChI is InChI=1S/C31H46N2O/c1-6-32-20-17-25(2)7-8-26-9-11-28(12-10-26)29-13-15-30(16-14-29)34-23-27-18-21-33(22-19-27)24-31(3,4)5/h6,9-16,25,27,32H,1,7-8,17-24H2,2-5H3. The Bertz CT molecular complexity index is 842. The van der Waals surface area contributed by atoms with Crippen molar-refractivity contribution in [2.45, 2.75) is 59.8 Å². The molecular weight excluding hydrogens is 416 g/mol. The van der Waals surface area contributed by atoms with Crippen LogP contribution < -0.4 is 10.1 Å². The molecule has 2 aromatic carbocycles. The van der Waals surface area contributed by atoms with E-state index in [-0.39, 0.29) is 0 Å². The summed E-state index contributed by atoms with van der Waals surface area (Å²) < 4.78 is 6.15. The minimum absolute atomic E-state index is 0.382. The van der Waals surface area contributed by atoms with Crippen LogP contribution in [0, 0.1) is 17.3 Å². The van der Waals surface area contributed by atoms with Crippen molar-refractivity contribution in [3.8, 4) is 16.9 Å². The van der Waals surface area contributed by atoms with Crippen molar-refractivity contribution >= 4 is 0 Å². The first kappa shape index (κ1) is 26.3. The zero-order valence-electron chi connectivity index (χ0n) is 22.0. The van der Waals surface area contributed by atoms with Crippen LogP contribution in [0.5, 0.6) is 5.75 Å². The molecule has 1 fully saturated rings. The SMILES string of the molecule is C=CNCCC(C)CCc1ccc(-c2ccc(OCC3CCN(CC(C)(C)C)CC3)cc2)cc1. The van der Waals surface area contributed by atoms with Crippen molar-refractivity contribution in [1.82, 2.24) is 10.2 Å². The van der Waals surface area contributed by atoms with E-state index in [0.717, 1.165) is 31.2 Å². The van der Waals surface area contributed by atoms with Gasteiger partial charge in [-0.2, -0.15) is 0 Å². The molecular formula is C31H46N2O. The molecule has 0 amide bonds. The Kier molecular flexibility index (Phi) is 10.1. The third-order valence-corrected chi connectivity index (χ3v) is 6.88. The molecule has 1 saturated heterocycles. The topological polar surface area (TPSA) is 24.5 Å². The van der Waals surface area contributed by atoms with Gasteiger partial charge in [-0.1, -0.05) is 70.7 Å². The Morgan fingerprint density at radius 2 is 1.62 bits per heavy atom. The Morgan fingerprint density at radius 3 is 2.21 bits per heavy atom. The number of rotatable bonds is 12. The van der Waals surface area contributed by atoms with Gasteiger partial charge in [-0.25, -0.2) is 0 Å². The lowest BCUT2D eigenvalue weighted by Gasteiger charge is -2.35. The second-order valence-electron chi connectivity index (χ2n) is 11.4. The molecule has 2 aromatic rings. The number of nitrogens with one attached hydrogen (secondary N) is 1. The molecule has 1 atom stereocenters. The third kappa shape index (κ3) is 9.18. The van der Waals surface area contributed by atoms with Crippen LogP contribution in [-0.2, 0) is 6.42 Å². The van der Waals surface area contributed by atoms with E-state index < -0.39 is 0 Å². The zero-order valence-corrected chi connectivity index (χ0v) is 22.0. The van der Waals surface area contributed by atoms with Crippen molar-refractivity contribution in [2.75, 3.05) is 32.8 Å². The first-order chi connectivity index (χ1) is 16.3. The summed E-state index contributed by atoms with van der Waals surface area (Å²) in [5.41, 5.74) is 4.32. The van der Waals surface area contributed by atoms with Crippen LogP contribution in [0.3, 0.4) is 0 Å². The minimum atomic E-state index is 0.382. The highest BCUT2D eigenvalue weighted by molar-refractivity contribution is 5.64. The fourth-order valence-corrected chi connectivity index (χ4v) is 4.79. The predicted octanol–water partition coefficient (Wildman–Crippen LogP) is 7.18. The summed E-state index contributed by atoms with van der Waals surface area (Å²) in [5.74, 6) is 2.37. The number of ether oxygens (including phenoxy) is 1. The summed E-state index contributed by atoms with van der Waals surface area (Å²) in [6.07, 6.45) is 7.81. The maximum absolute atomic E-state index is 6.15. The molecule has 0 saturated carbocycles. The van der Waals surface area contributed by atoms with Crippen LogP contribution in [0.1, 0.15) is 58.9 Å². The second-order valence-corrected chi connectivity index (χ2v) is 11.4. The van der Waals surface area contributed by atoms with Crippen LogP contribution in [-0.4, -0.2) is 37.7 Å². The summed E-state index contributed by atoms with van der Waals surface area (Å²) in [7, 11) is 0. The molecule has 3 heteroatoms. The molecule has 3 nitrogen and oxygen atoms in total. The highest BCUT2D eigenvalue weighted by Gasteiger charge is 2.23. The van der Waals surface area contributed by atoms with Gasteiger partial charge in [-0.15, -0.1) is 0 Å². The molecule has 0 spiro atoms. The number of likely N-dealkylation sites (tertiary alicyclic amines) is 1. The van der Waals surface area contributed by atoms with Crippen LogP contribution in [0.2, 0.25) is 0 Å². The van der Waals surface area contributed by atoms with Gasteiger partial charge in [0, 0.05) is 13.1 Å². The number of benzene rings is 2. The summed E-state index contributed by atoms with van der Waals surface area (Å²) in [6, 6.07) is 17.7. The van der Waals surface area contributed by atoms with Gasteiger partial charge in [-0.05, 0) is 97.5 Å². The first-order valence-electron chi connectivity index (χ1n) is 13.2. The Morgan fingerprint density at radius 1 is 1.00 bits per heavy atom. The Balaban J connectivity index is 1.41. The molecule has 1 heterocycles. The van der Waals surface area contributed by atoms with Crippen LogP contribution >= 0.6 is 0 Å². The lowest BCUT2D eigenvalue weighted by Crippen LogP contribution is -2.40. The minimum Gasteiger partial charge on any atom is -0.493 e. The molecule has 1 unspecified atom stereocenters. The zero-order chi connectivity index (χ0) is 24.4. The fraction of sp³-hybridized carbons (Fsp3) is 0.548. The van der Waals surface area contributed by atoms with E-state index in [1.165, 1.54) is 62.0 Å². The second kappa shape index (κ2) is 13.0. The smallest absolute Gasteiger partial charge is 0.119 e. The molecule has 186 valence electrons. The summed E-state index contributed by atoms with van der Waals surface area (Å²) >= 11 is 0. The highest BCUT2D eigenvalue weighted by Crippen LogP contribution is 2.26. The van der Waals surface area contributed by atoms with E-state index in [0.29, 0.717) is 11.3 Å². The fourth-order valence-electron chi connectivity index (χ4n) is 4.79. The quantitative estimate of drug-likeness (QED) is 0.338. The lowest BCUT2D eigenvalue weighted by molar-refractivity contribution is 0.112. The van der Waals surface area contributed by atoms with Gasteiger partial charge in [0.25, 0.3) is 0 Å². The van der Waals surface area contributed by atoms with E-state index in [9.17, 15) is 0 Å². The number of hydrogen-bond donors (Lipinski definition) is 1. The van der Waals surface area contributed by atoms with E-state index in [2.05, 4.69) is 93.0 Å². The molecule has 0 aromatic heterocycles. The van der Waals surface area contributed by atoms with Crippen LogP contribution in [0.25, 0.3) is 11.1 Å². The molecule has 1 aliphatic rings. The lowest BCUT2D eigenvalue weighted by atomic mass is 9.92. The Hall–Kier alpha value is -2.26. The first-order valence-corrected chi connectivity index (χ1v) is 13.2. The van der Waals surface area contributed by atoms with Crippen LogP contribution in [0.15, 0.2) is 61.3 Å². The maximum atomic E-state index is 6.15. The summed E-state index contributed by atoms with van der Waals surface area (Å²) in [6.45, 7) is 18.5. The Labute approximate surface area is 208 Å². The molecule has 0 radical (unpaired) electrons. The van der Waals surface area contributed by atoms with Crippen molar-refractivity contribution < 1.29 is 4.74 Å². The van der Waals surface area contributed by atoms with Gasteiger partial charge in [-0.3, -0.25) is 0 Å². The molecule has 1 aliphatic heterocycles. The predicted molar refractivity (Wildman–Crippen MR) is 146 cm³/mol. The van der Waals surface area contributed by atoms with E-state index in [1.807, 2.05) is 0 Å². The monoisotopic (exact) mass is 462 g/mol. The number of nitrogens with zero attached hydrogens (tertiary/aromatic N) is 1. The van der Waals surface area contributed by atoms with Gasteiger partial charge in [0.1, 0.15) is 5.75 Å². The number of aryl methyl sites for hydroxylation is 1. The average Bonchev–Trinajstić information content (AvgIpc) is 2.82. The van der Waals surface area contributed by atoms with Crippen LogP contribution in [0.4, 0.5) is 0 Å². The van der Waals surface area contributed by atoms with Gasteiger partial charge >= 0.3 is 0 Å². The normalized spacial score (nSPS) is 16.2. The van der Waals surface area contributed by atoms with Crippen molar-refractivity contribution in [2.24, 2.45) is 17.3 Å². The molecule has 0 aliphatic carbocycles. The van der Waals surface area contributed by atoms with Gasteiger partial charge in [0.15, 0.2) is 0 Å². The van der Waals surface area contributed by atoms with Gasteiger partial charge in [0.05, 0.1) is 6.61 Å². The molecule has 1 N–H and O–H groups in total. The molecule has 34 heavy (non-hydrogen) atoms. The summed E-state index contributed by atoms with van der Waals surface area (Å²) in [4.78, 5) is 2.61. The van der Waals surface area contributed by atoms with Crippen molar-refractivity contribution in [3.63, 3.8) is 0 Å². The van der Waals surface area contributed by atoms with E-state index in [1.54, 1.807) is 6.20 Å². The van der Waals surface area contributed by atoms with Crippen molar-refractivity contribution in [3.05, 3.63) is 66.9 Å². The highest BCUT2D eigenvalue weighted by atomic mass is 16.5. The average molecular weight is 463 g/mol. The maximum Gasteiger partial charge on any atom is 0.119 e. The van der Waals surface area contributed by atoms with E-state index >= 15 is 0 Å². The molecule has 0 bridgehead atoms.